The average molecular weight is 196 g/mol. The molecule has 2 rings (SSSR count). The summed E-state index contributed by atoms with van der Waals surface area (Å²) in [6.45, 7) is 5.63. The highest BCUT2D eigenvalue weighted by atomic mass is 32.1. The summed E-state index contributed by atoms with van der Waals surface area (Å²) >= 11 is 1.82. The maximum atomic E-state index is 6.09. The van der Waals surface area contributed by atoms with Crippen molar-refractivity contribution in [2.24, 2.45) is 5.73 Å². The fourth-order valence-electron chi connectivity index (χ4n) is 1.59. The molecular formula is C10H16N2S. The first-order valence-electron chi connectivity index (χ1n) is 4.80. The van der Waals surface area contributed by atoms with Crippen LogP contribution in [0.5, 0.6) is 0 Å². The molecule has 1 saturated heterocycles. The van der Waals surface area contributed by atoms with Gasteiger partial charge in [0, 0.05) is 16.3 Å². The molecule has 1 aromatic heterocycles. The Bertz CT molecular complexity index is 278. The van der Waals surface area contributed by atoms with Crippen LogP contribution in [0.1, 0.15) is 22.2 Å². The second kappa shape index (κ2) is 3.78. The molecule has 13 heavy (non-hydrogen) atoms. The molecule has 0 radical (unpaired) electrons. The van der Waals surface area contributed by atoms with Crippen molar-refractivity contribution in [3.8, 4) is 0 Å². The van der Waals surface area contributed by atoms with E-state index in [9.17, 15) is 0 Å². The Morgan fingerprint density at radius 1 is 1.54 bits per heavy atom. The van der Waals surface area contributed by atoms with E-state index in [0.717, 1.165) is 6.54 Å². The molecule has 3 heteroatoms. The topological polar surface area (TPSA) is 29.3 Å². The van der Waals surface area contributed by atoms with Gasteiger partial charge in [-0.2, -0.15) is 0 Å². The normalized spacial score (nSPS) is 19.8. The molecule has 0 spiro atoms. The van der Waals surface area contributed by atoms with E-state index in [1.807, 2.05) is 11.3 Å². The number of nitrogens with zero attached hydrogens (tertiary/aromatic N) is 1. The predicted molar refractivity (Wildman–Crippen MR) is 57.0 cm³/mol. The minimum absolute atomic E-state index is 0.221. The molecule has 1 unspecified atom stereocenters. The number of hydrogen-bond donors (Lipinski definition) is 1. The summed E-state index contributed by atoms with van der Waals surface area (Å²) in [6.07, 6.45) is 1.34. The third-order valence-electron chi connectivity index (χ3n) is 2.53. The zero-order valence-electron chi connectivity index (χ0n) is 7.99. The summed E-state index contributed by atoms with van der Waals surface area (Å²) in [7, 11) is 0. The quantitative estimate of drug-likeness (QED) is 0.798. The Balaban J connectivity index is 1.92. The Morgan fingerprint density at radius 3 is 2.77 bits per heavy atom. The minimum atomic E-state index is 0.221. The van der Waals surface area contributed by atoms with Gasteiger partial charge in [-0.3, -0.25) is 0 Å². The van der Waals surface area contributed by atoms with Crippen molar-refractivity contribution < 1.29 is 0 Å². The second-order valence-electron chi connectivity index (χ2n) is 3.71. The number of nitrogens with two attached hydrogens (primary N) is 1. The zero-order valence-corrected chi connectivity index (χ0v) is 8.81. The number of likely N-dealkylation sites (tertiary alicyclic amines) is 1. The van der Waals surface area contributed by atoms with Crippen LogP contribution in [0.15, 0.2) is 12.1 Å². The van der Waals surface area contributed by atoms with Gasteiger partial charge in [0.2, 0.25) is 0 Å². The highest BCUT2D eigenvalue weighted by molar-refractivity contribution is 7.12. The first-order valence-corrected chi connectivity index (χ1v) is 5.61. The van der Waals surface area contributed by atoms with Crippen molar-refractivity contribution in [2.75, 3.05) is 19.6 Å². The lowest BCUT2D eigenvalue weighted by Crippen LogP contribution is -2.41. The second-order valence-corrected chi connectivity index (χ2v) is 5.03. The van der Waals surface area contributed by atoms with Gasteiger partial charge in [0.25, 0.3) is 0 Å². The Labute approximate surface area is 83.4 Å². The molecular weight excluding hydrogens is 180 g/mol. The molecule has 0 amide bonds. The molecule has 1 aliphatic rings. The fraction of sp³-hybridized carbons (Fsp3) is 0.600. The summed E-state index contributed by atoms with van der Waals surface area (Å²) in [4.78, 5) is 5.10. The van der Waals surface area contributed by atoms with E-state index in [4.69, 9.17) is 5.73 Å². The SMILES string of the molecule is Cc1ccc(C(N)CN2CCC2)s1. The van der Waals surface area contributed by atoms with E-state index in [1.165, 1.54) is 29.3 Å². The molecule has 72 valence electrons. The van der Waals surface area contributed by atoms with Crippen LogP contribution in [0.3, 0.4) is 0 Å². The van der Waals surface area contributed by atoms with Crippen LogP contribution in [-0.4, -0.2) is 24.5 Å². The number of aryl methyl sites for hydroxylation is 1. The first-order chi connectivity index (χ1) is 6.25. The lowest BCUT2D eigenvalue weighted by molar-refractivity contribution is 0.171. The average Bonchev–Trinajstić information content (AvgIpc) is 2.44. The maximum absolute atomic E-state index is 6.09. The van der Waals surface area contributed by atoms with Gasteiger partial charge in [0.15, 0.2) is 0 Å². The lowest BCUT2D eigenvalue weighted by Gasteiger charge is -2.32. The van der Waals surface area contributed by atoms with Gasteiger partial charge in [0.1, 0.15) is 0 Å². The number of rotatable bonds is 3. The van der Waals surface area contributed by atoms with Gasteiger partial charge < -0.3 is 10.6 Å². The van der Waals surface area contributed by atoms with E-state index in [0.29, 0.717) is 0 Å². The van der Waals surface area contributed by atoms with Crippen LogP contribution in [-0.2, 0) is 0 Å². The summed E-state index contributed by atoms with van der Waals surface area (Å²) < 4.78 is 0. The molecule has 0 saturated carbocycles. The molecule has 0 aromatic carbocycles. The van der Waals surface area contributed by atoms with Gasteiger partial charge in [-0.1, -0.05) is 0 Å². The summed E-state index contributed by atoms with van der Waals surface area (Å²) in [6, 6.07) is 4.53. The number of hydrogen-bond acceptors (Lipinski definition) is 3. The van der Waals surface area contributed by atoms with E-state index in [1.54, 1.807) is 0 Å². The molecule has 2 heterocycles. The van der Waals surface area contributed by atoms with Crippen LogP contribution in [0, 0.1) is 6.92 Å². The molecule has 1 fully saturated rings. The van der Waals surface area contributed by atoms with Crippen molar-refractivity contribution in [3.05, 3.63) is 21.9 Å². The van der Waals surface area contributed by atoms with Gasteiger partial charge >= 0.3 is 0 Å². The summed E-state index contributed by atoms with van der Waals surface area (Å²) in [5.74, 6) is 0. The molecule has 0 bridgehead atoms. The molecule has 1 aromatic rings. The van der Waals surface area contributed by atoms with Crippen molar-refractivity contribution in [1.82, 2.24) is 4.90 Å². The molecule has 2 nitrogen and oxygen atoms in total. The summed E-state index contributed by atoms with van der Waals surface area (Å²) in [5, 5.41) is 0. The third kappa shape index (κ3) is 2.10. The van der Waals surface area contributed by atoms with E-state index < -0.39 is 0 Å². The van der Waals surface area contributed by atoms with Crippen molar-refractivity contribution in [2.45, 2.75) is 19.4 Å². The van der Waals surface area contributed by atoms with Gasteiger partial charge in [0.05, 0.1) is 6.04 Å². The Kier molecular flexibility index (Phi) is 2.67. The highest BCUT2D eigenvalue weighted by Crippen LogP contribution is 2.22. The van der Waals surface area contributed by atoms with Crippen LogP contribution in [0.4, 0.5) is 0 Å². The van der Waals surface area contributed by atoms with E-state index in [2.05, 4.69) is 24.0 Å². The van der Waals surface area contributed by atoms with Gasteiger partial charge in [-0.25, -0.2) is 0 Å². The Hall–Kier alpha value is -0.380. The van der Waals surface area contributed by atoms with Crippen LogP contribution in [0.2, 0.25) is 0 Å². The third-order valence-corrected chi connectivity index (χ3v) is 3.66. The molecule has 2 N–H and O–H groups in total. The standard InChI is InChI=1S/C10H16N2S/c1-8-3-4-10(13-8)9(11)7-12-5-2-6-12/h3-4,9H,2,5-7,11H2,1H3. The molecule has 1 aliphatic heterocycles. The minimum Gasteiger partial charge on any atom is -0.322 e. The van der Waals surface area contributed by atoms with E-state index >= 15 is 0 Å². The predicted octanol–water partition coefficient (Wildman–Crippen LogP) is 1.76. The Morgan fingerprint density at radius 2 is 2.31 bits per heavy atom. The van der Waals surface area contributed by atoms with Crippen molar-refractivity contribution in [1.29, 1.82) is 0 Å². The smallest absolute Gasteiger partial charge is 0.0519 e. The van der Waals surface area contributed by atoms with Crippen LogP contribution in [0.25, 0.3) is 0 Å². The van der Waals surface area contributed by atoms with Crippen molar-refractivity contribution >= 4 is 11.3 Å². The molecule has 0 aliphatic carbocycles. The number of thiophene rings is 1. The fourth-order valence-corrected chi connectivity index (χ4v) is 2.46. The largest absolute Gasteiger partial charge is 0.322 e. The first kappa shape index (κ1) is 9.19. The van der Waals surface area contributed by atoms with Crippen LogP contribution < -0.4 is 5.73 Å². The monoisotopic (exact) mass is 196 g/mol. The zero-order chi connectivity index (χ0) is 9.26. The van der Waals surface area contributed by atoms with E-state index in [-0.39, 0.29) is 6.04 Å². The van der Waals surface area contributed by atoms with Gasteiger partial charge in [-0.05, 0) is 38.6 Å². The van der Waals surface area contributed by atoms with Crippen LogP contribution >= 0.6 is 11.3 Å². The molecule has 1 atom stereocenters. The van der Waals surface area contributed by atoms with Crippen molar-refractivity contribution in [3.63, 3.8) is 0 Å². The van der Waals surface area contributed by atoms with Gasteiger partial charge in [-0.15, -0.1) is 11.3 Å². The highest BCUT2D eigenvalue weighted by Gasteiger charge is 2.18. The lowest BCUT2D eigenvalue weighted by atomic mass is 10.1. The maximum Gasteiger partial charge on any atom is 0.0519 e. The summed E-state index contributed by atoms with van der Waals surface area (Å²) in [5.41, 5.74) is 6.09.